The molecule has 2 aliphatic heterocycles. The van der Waals surface area contributed by atoms with Crippen LogP contribution in [0.15, 0.2) is 48.8 Å². The van der Waals surface area contributed by atoms with Crippen molar-refractivity contribution in [3.05, 3.63) is 54.6 Å². The predicted molar refractivity (Wildman–Crippen MR) is 114 cm³/mol. The summed E-state index contributed by atoms with van der Waals surface area (Å²) in [6, 6.07) is 9.22. The highest BCUT2D eigenvalue weighted by Crippen LogP contribution is 2.27. The van der Waals surface area contributed by atoms with Crippen molar-refractivity contribution in [2.45, 2.75) is 18.6 Å². The number of piperazine rings is 1. The number of ether oxygens (including phenoxy) is 1. The Hall–Kier alpha value is -2.72. The van der Waals surface area contributed by atoms with E-state index in [0.29, 0.717) is 37.6 Å². The van der Waals surface area contributed by atoms with Crippen molar-refractivity contribution in [1.29, 1.82) is 0 Å². The molecule has 2 fully saturated rings. The first-order valence-electron chi connectivity index (χ1n) is 10.1. The minimum atomic E-state index is -3.59. The third kappa shape index (κ3) is 4.80. The van der Waals surface area contributed by atoms with Crippen molar-refractivity contribution in [1.82, 2.24) is 14.2 Å². The Morgan fingerprint density at radius 3 is 2.52 bits per heavy atom. The zero-order chi connectivity index (χ0) is 22.0. The van der Waals surface area contributed by atoms with Crippen molar-refractivity contribution < 1.29 is 22.3 Å². The van der Waals surface area contributed by atoms with Crippen molar-refractivity contribution in [2.75, 3.05) is 43.9 Å². The second kappa shape index (κ2) is 8.80. The zero-order valence-electron chi connectivity index (χ0n) is 17.2. The Morgan fingerprint density at radius 2 is 1.87 bits per heavy atom. The number of amides is 1. The topological polar surface area (TPSA) is 83.0 Å². The van der Waals surface area contributed by atoms with Crippen LogP contribution in [0.3, 0.4) is 0 Å². The molecule has 31 heavy (non-hydrogen) atoms. The van der Waals surface area contributed by atoms with Crippen molar-refractivity contribution in [3.8, 4) is 5.75 Å². The number of hydrogen-bond acceptors (Lipinski definition) is 6. The van der Waals surface area contributed by atoms with Gasteiger partial charge in [0.1, 0.15) is 23.7 Å². The maximum Gasteiger partial charge on any atom is 0.241 e. The molecule has 0 bridgehead atoms. The van der Waals surface area contributed by atoms with E-state index < -0.39 is 22.2 Å². The molecule has 10 heteroatoms. The highest BCUT2D eigenvalue weighted by atomic mass is 32.2. The lowest BCUT2D eigenvalue weighted by Crippen LogP contribution is -2.54. The normalized spacial score (nSPS) is 22.5. The summed E-state index contributed by atoms with van der Waals surface area (Å²) in [6.45, 7) is 1.87. The average Bonchev–Trinajstić information content (AvgIpc) is 3.19. The van der Waals surface area contributed by atoms with Gasteiger partial charge in [0.25, 0.3) is 0 Å². The number of carbonyl (C=O) groups is 1. The summed E-state index contributed by atoms with van der Waals surface area (Å²) in [4.78, 5) is 20.8. The van der Waals surface area contributed by atoms with E-state index in [2.05, 4.69) is 4.98 Å². The summed E-state index contributed by atoms with van der Waals surface area (Å²) in [5.74, 6) is 0.000149. The number of para-hydroxylation sites is 1. The largest absolute Gasteiger partial charge is 0.487 e. The number of benzene rings is 1. The van der Waals surface area contributed by atoms with Crippen LogP contribution >= 0.6 is 0 Å². The molecule has 0 N–H and O–H groups in total. The van der Waals surface area contributed by atoms with Gasteiger partial charge in [0.15, 0.2) is 0 Å². The molecule has 8 nitrogen and oxygen atoms in total. The minimum absolute atomic E-state index is 0.110. The fourth-order valence-corrected chi connectivity index (χ4v) is 5.22. The summed E-state index contributed by atoms with van der Waals surface area (Å²) in [5, 5.41) is 0. The molecule has 1 aromatic carbocycles. The van der Waals surface area contributed by atoms with Crippen molar-refractivity contribution in [2.24, 2.45) is 0 Å². The smallest absolute Gasteiger partial charge is 0.241 e. The van der Waals surface area contributed by atoms with E-state index >= 15 is 0 Å². The Kier molecular flexibility index (Phi) is 6.10. The van der Waals surface area contributed by atoms with Crippen LogP contribution in [-0.4, -0.2) is 79.6 Å². The highest BCUT2D eigenvalue weighted by Gasteiger charge is 2.44. The number of pyridine rings is 1. The molecule has 166 valence electrons. The monoisotopic (exact) mass is 448 g/mol. The maximum absolute atomic E-state index is 14.1. The van der Waals surface area contributed by atoms with E-state index in [0.717, 1.165) is 6.26 Å². The second-order valence-corrected chi connectivity index (χ2v) is 9.71. The molecule has 0 saturated carbocycles. The molecule has 2 aromatic rings. The van der Waals surface area contributed by atoms with Crippen LogP contribution in [0.4, 0.5) is 10.1 Å². The lowest BCUT2D eigenvalue weighted by Gasteiger charge is -2.38. The lowest BCUT2D eigenvalue weighted by molar-refractivity contribution is -0.135. The molecule has 0 unspecified atom stereocenters. The van der Waals surface area contributed by atoms with Gasteiger partial charge < -0.3 is 14.5 Å². The number of carbonyl (C=O) groups excluding carboxylic acids is 1. The number of anilines is 1. The number of rotatable bonds is 5. The van der Waals surface area contributed by atoms with Crippen LogP contribution in [0.1, 0.15) is 6.42 Å². The fraction of sp³-hybridized carbons (Fsp3) is 0.429. The van der Waals surface area contributed by atoms with Crippen molar-refractivity contribution >= 4 is 21.6 Å². The first-order valence-corrected chi connectivity index (χ1v) is 12.0. The molecule has 2 saturated heterocycles. The van der Waals surface area contributed by atoms with Gasteiger partial charge in [0, 0.05) is 38.8 Å². The SMILES string of the molecule is CS(=O)(=O)N1C[C@@H](Oc2cccnc2)C[C@H]1C(=O)N1CCN(c2ccccc2F)CC1. The summed E-state index contributed by atoms with van der Waals surface area (Å²) < 4.78 is 45.8. The van der Waals surface area contributed by atoms with E-state index in [1.54, 1.807) is 47.6 Å². The Balaban J connectivity index is 1.43. The molecule has 1 aromatic heterocycles. The highest BCUT2D eigenvalue weighted by molar-refractivity contribution is 7.88. The third-order valence-electron chi connectivity index (χ3n) is 5.65. The summed E-state index contributed by atoms with van der Waals surface area (Å²) in [6.07, 6.45) is 4.12. The molecule has 1 amide bonds. The minimum Gasteiger partial charge on any atom is -0.487 e. The van der Waals surface area contributed by atoms with Gasteiger partial charge in [0.2, 0.25) is 15.9 Å². The molecule has 3 heterocycles. The zero-order valence-corrected chi connectivity index (χ0v) is 18.0. The molecular formula is C21H25FN4O4S. The summed E-state index contributed by atoms with van der Waals surface area (Å²) >= 11 is 0. The quantitative estimate of drug-likeness (QED) is 0.687. The number of hydrogen-bond donors (Lipinski definition) is 0. The van der Waals surface area contributed by atoms with Gasteiger partial charge in [-0.2, -0.15) is 4.31 Å². The van der Waals surface area contributed by atoms with Crippen molar-refractivity contribution in [3.63, 3.8) is 0 Å². The van der Waals surface area contributed by atoms with Gasteiger partial charge in [0.05, 0.1) is 24.7 Å². The first kappa shape index (κ1) is 21.5. The predicted octanol–water partition coefficient (Wildman–Crippen LogP) is 1.35. The molecule has 0 spiro atoms. The molecule has 4 rings (SSSR count). The van der Waals surface area contributed by atoms with E-state index in [1.807, 2.05) is 4.90 Å². The third-order valence-corrected chi connectivity index (χ3v) is 6.91. The van der Waals surface area contributed by atoms with Crippen LogP contribution < -0.4 is 9.64 Å². The number of sulfonamides is 1. The van der Waals surface area contributed by atoms with Gasteiger partial charge in [-0.15, -0.1) is 0 Å². The fourth-order valence-electron chi connectivity index (χ4n) is 4.14. The molecule has 0 radical (unpaired) electrons. The van der Waals surface area contributed by atoms with Gasteiger partial charge in [-0.05, 0) is 24.3 Å². The average molecular weight is 449 g/mol. The van der Waals surface area contributed by atoms with E-state index in [4.69, 9.17) is 4.74 Å². The summed E-state index contributed by atoms with van der Waals surface area (Å²) in [7, 11) is -3.59. The van der Waals surface area contributed by atoms with Crippen LogP contribution in [0.2, 0.25) is 0 Å². The first-order chi connectivity index (χ1) is 14.8. The summed E-state index contributed by atoms with van der Waals surface area (Å²) in [5.41, 5.74) is 0.512. The van der Waals surface area contributed by atoms with E-state index in [9.17, 15) is 17.6 Å². The molecule has 2 aliphatic rings. The molecule has 0 aliphatic carbocycles. The lowest BCUT2D eigenvalue weighted by atomic mass is 10.1. The Bertz CT molecular complexity index is 1030. The Labute approximate surface area is 181 Å². The van der Waals surface area contributed by atoms with Gasteiger partial charge in [-0.3, -0.25) is 9.78 Å². The maximum atomic E-state index is 14.1. The van der Waals surface area contributed by atoms with E-state index in [-0.39, 0.29) is 24.7 Å². The second-order valence-electron chi connectivity index (χ2n) is 7.78. The number of aromatic nitrogens is 1. The Morgan fingerprint density at radius 1 is 1.13 bits per heavy atom. The molecule has 2 atom stereocenters. The van der Waals surface area contributed by atoms with Crippen LogP contribution in [0.25, 0.3) is 0 Å². The van der Waals surface area contributed by atoms with Crippen LogP contribution in [0.5, 0.6) is 5.75 Å². The van der Waals surface area contributed by atoms with Gasteiger partial charge >= 0.3 is 0 Å². The number of nitrogens with zero attached hydrogens (tertiary/aromatic N) is 4. The standard InChI is InChI=1S/C21H25FN4O4S/c1-31(28,29)26-15-17(30-16-5-4-8-23-14-16)13-20(26)21(27)25-11-9-24(10-12-25)19-7-3-2-6-18(19)22/h2-8,14,17,20H,9-13,15H2,1H3/t17-,20-/m0/s1. The van der Waals surface area contributed by atoms with Gasteiger partial charge in [-0.1, -0.05) is 12.1 Å². The van der Waals surface area contributed by atoms with Crippen LogP contribution in [0, 0.1) is 5.82 Å². The molecular weight excluding hydrogens is 423 g/mol. The van der Waals surface area contributed by atoms with Crippen LogP contribution in [-0.2, 0) is 14.8 Å². The van der Waals surface area contributed by atoms with Gasteiger partial charge in [-0.25, -0.2) is 12.8 Å². The number of halogens is 1. The van der Waals surface area contributed by atoms with E-state index in [1.165, 1.54) is 10.4 Å².